The molecule has 0 unspecified atom stereocenters. The van der Waals surface area contributed by atoms with E-state index in [1.807, 2.05) is 24.8 Å². The minimum absolute atomic E-state index is 0.277. The highest BCUT2D eigenvalue weighted by molar-refractivity contribution is 5.40. The molecule has 1 fully saturated rings. The highest BCUT2D eigenvalue weighted by atomic mass is 16.5. The molecule has 140 valence electrons. The van der Waals surface area contributed by atoms with E-state index in [1.54, 1.807) is 0 Å². The van der Waals surface area contributed by atoms with Crippen LogP contribution >= 0.6 is 0 Å². The van der Waals surface area contributed by atoms with Gasteiger partial charge in [-0.25, -0.2) is 4.98 Å². The standard InChI is InChI=1S/C23H27N3O/c1-2-8-19(9-3-1)17-27-23-13-7-5-11-21(23)25-16-20-10-4-6-12-22(20)26-15-14-24-18-26/h1-4,6,8-10,12,14-15,18,21,23,25H,5,7,11,13,16-17H2/t21-,23-/m1/s1. The zero-order valence-electron chi connectivity index (χ0n) is 15.6. The minimum Gasteiger partial charge on any atom is -0.372 e. The highest BCUT2D eigenvalue weighted by Crippen LogP contribution is 2.23. The first-order chi connectivity index (χ1) is 13.4. The Morgan fingerprint density at radius 1 is 1.00 bits per heavy atom. The number of ether oxygens (including phenoxy) is 1. The van der Waals surface area contributed by atoms with E-state index in [4.69, 9.17) is 4.74 Å². The van der Waals surface area contributed by atoms with Crippen LogP contribution in [0, 0.1) is 0 Å². The Kier molecular flexibility index (Phi) is 5.97. The molecule has 0 radical (unpaired) electrons. The fraction of sp³-hybridized carbons (Fsp3) is 0.348. The van der Waals surface area contributed by atoms with Crippen molar-refractivity contribution >= 4 is 0 Å². The van der Waals surface area contributed by atoms with Gasteiger partial charge < -0.3 is 14.6 Å². The number of nitrogens with one attached hydrogen (secondary N) is 1. The Balaban J connectivity index is 1.39. The largest absolute Gasteiger partial charge is 0.372 e. The minimum atomic E-state index is 0.277. The molecule has 4 heteroatoms. The summed E-state index contributed by atoms with van der Waals surface area (Å²) in [6.45, 7) is 1.53. The van der Waals surface area contributed by atoms with E-state index in [-0.39, 0.29) is 6.10 Å². The van der Waals surface area contributed by atoms with Gasteiger partial charge in [-0.2, -0.15) is 0 Å². The summed E-state index contributed by atoms with van der Waals surface area (Å²) >= 11 is 0. The molecular weight excluding hydrogens is 334 g/mol. The van der Waals surface area contributed by atoms with Crippen LogP contribution in [-0.4, -0.2) is 21.7 Å². The van der Waals surface area contributed by atoms with Gasteiger partial charge >= 0.3 is 0 Å². The third-order valence-electron chi connectivity index (χ3n) is 5.34. The van der Waals surface area contributed by atoms with Gasteiger partial charge in [-0.1, -0.05) is 61.4 Å². The molecule has 1 saturated carbocycles. The van der Waals surface area contributed by atoms with Crippen molar-refractivity contribution < 1.29 is 4.74 Å². The summed E-state index contributed by atoms with van der Waals surface area (Å²) in [6.07, 6.45) is 10.8. The van der Waals surface area contributed by atoms with Crippen LogP contribution in [0.15, 0.2) is 73.3 Å². The number of rotatable bonds is 7. The van der Waals surface area contributed by atoms with Crippen LogP contribution in [0.4, 0.5) is 0 Å². The SMILES string of the molecule is c1ccc(CO[C@@H]2CCCC[C@H]2NCc2ccccc2-n2ccnc2)cc1. The molecule has 0 saturated heterocycles. The molecule has 0 spiro atoms. The molecule has 0 aliphatic heterocycles. The van der Waals surface area contributed by atoms with Crippen molar-refractivity contribution in [1.82, 2.24) is 14.9 Å². The molecule has 1 heterocycles. The van der Waals surface area contributed by atoms with E-state index in [9.17, 15) is 0 Å². The van der Waals surface area contributed by atoms with Crippen LogP contribution < -0.4 is 5.32 Å². The maximum absolute atomic E-state index is 6.29. The van der Waals surface area contributed by atoms with E-state index < -0.39 is 0 Å². The first-order valence-electron chi connectivity index (χ1n) is 9.85. The maximum atomic E-state index is 6.29. The molecule has 4 nitrogen and oxygen atoms in total. The number of imidazole rings is 1. The lowest BCUT2D eigenvalue weighted by Gasteiger charge is -2.32. The Hall–Kier alpha value is -2.43. The molecule has 2 atom stereocenters. The average molecular weight is 361 g/mol. The van der Waals surface area contributed by atoms with Crippen LogP contribution in [0.3, 0.4) is 0 Å². The second kappa shape index (κ2) is 8.98. The van der Waals surface area contributed by atoms with Crippen molar-refractivity contribution in [2.75, 3.05) is 0 Å². The third-order valence-corrected chi connectivity index (χ3v) is 5.34. The van der Waals surface area contributed by atoms with E-state index >= 15 is 0 Å². The van der Waals surface area contributed by atoms with Gasteiger partial charge in [0.05, 0.1) is 24.7 Å². The van der Waals surface area contributed by atoms with Crippen LogP contribution in [0.5, 0.6) is 0 Å². The van der Waals surface area contributed by atoms with E-state index in [0.717, 1.165) is 13.0 Å². The second-order valence-electron chi connectivity index (χ2n) is 7.21. The average Bonchev–Trinajstić information content (AvgIpc) is 3.27. The lowest BCUT2D eigenvalue weighted by atomic mass is 9.92. The topological polar surface area (TPSA) is 39.1 Å². The molecule has 1 N–H and O–H groups in total. The lowest BCUT2D eigenvalue weighted by Crippen LogP contribution is -2.43. The number of benzene rings is 2. The fourth-order valence-corrected chi connectivity index (χ4v) is 3.86. The van der Waals surface area contributed by atoms with Gasteiger partial charge in [0, 0.05) is 25.0 Å². The summed E-state index contributed by atoms with van der Waals surface area (Å²) in [5.41, 5.74) is 3.70. The summed E-state index contributed by atoms with van der Waals surface area (Å²) in [5.74, 6) is 0. The molecular formula is C23H27N3O. The molecule has 27 heavy (non-hydrogen) atoms. The maximum Gasteiger partial charge on any atom is 0.0991 e. The Morgan fingerprint density at radius 3 is 2.67 bits per heavy atom. The van der Waals surface area contributed by atoms with Crippen molar-refractivity contribution in [2.45, 2.75) is 51.0 Å². The number of para-hydroxylation sites is 1. The number of aromatic nitrogens is 2. The molecule has 1 aromatic heterocycles. The van der Waals surface area contributed by atoms with Gasteiger partial charge in [0.1, 0.15) is 0 Å². The Morgan fingerprint density at radius 2 is 1.81 bits per heavy atom. The van der Waals surface area contributed by atoms with Crippen LogP contribution in [0.1, 0.15) is 36.8 Å². The van der Waals surface area contributed by atoms with E-state index in [0.29, 0.717) is 12.6 Å². The predicted octanol–water partition coefficient (Wildman–Crippen LogP) is 4.49. The van der Waals surface area contributed by atoms with Gasteiger partial charge in [0.15, 0.2) is 0 Å². The predicted molar refractivity (Wildman–Crippen MR) is 108 cm³/mol. The van der Waals surface area contributed by atoms with Crippen molar-refractivity contribution in [3.63, 3.8) is 0 Å². The zero-order valence-corrected chi connectivity index (χ0v) is 15.6. The van der Waals surface area contributed by atoms with Crippen molar-refractivity contribution in [2.24, 2.45) is 0 Å². The third kappa shape index (κ3) is 4.65. The van der Waals surface area contributed by atoms with E-state index in [1.165, 1.54) is 36.1 Å². The summed E-state index contributed by atoms with van der Waals surface area (Å²) in [4.78, 5) is 4.18. The van der Waals surface area contributed by atoms with Gasteiger partial charge in [0.25, 0.3) is 0 Å². The molecule has 1 aliphatic rings. The molecule has 2 aromatic carbocycles. The van der Waals surface area contributed by atoms with Crippen molar-refractivity contribution in [3.05, 3.63) is 84.4 Å². The molecule has 0 amide bonds. The summed E-state index contributed by atoms with van der Waals surface area (Å²) in [5, 5.41) is 3.77. The summed E-state index contributed by atoms with van der Waals surface area (Å²) in [7, 11) is 0. The van der Waals surface area contributed by atoms with Gasteiger partial charge in [0.2, 0.25) is 0 Å². The quantitative estimate of drug-likeness (QED) is 0.674. The molecule has 1 aliphatic carbocycles. The number of hydrogen-bond donors (Lipinski definition) is 1. The fourth-order valence-electron chi connectivity index (χ4n) is 3.86. The first kappa shape index (κ1) is 18.0. The summed E-state index contributed by atoms with van der Waals surface area (Å²) < 4.78 is 8.37. The molecule has 4 rings (SSSR count). The number of hydrogen-bond acceptors (Lipinski definition) is 3. The monoisotopic (exact) mass is 361 g/mol. The molecule has 0 bridgehead atoms. The van der Waals surface area contributed by atoms with Gasteiger partial charge in [-0.05, 0) is 30.0 Å². The van der Waals surface area contributed by atoms with Crippen LogP contribution in [0.2, 0.25) is 0 Å². The number of nitrogens with zero attached hydrogens (tertiary/aromatic N) is 2. The normalized spacial score (nSPS) is 19.9. The van der Waals surface area contributed by atoms with Crippen molar-refractivity contribution in [3.8, 4) is 5.69 Å². The van der Waals surface area contributed by atoms with Gasteiger partial charge in [-0.15, -0.1) is 0 Å². The lowest BCUT2D eigenvalue weighted by molar-refractivity contribution is -0.00595. The van der Waals surface area contributed by atoms with Crippen LogP contribution in [0.25, 0.3) is 5.69 Å². The van der Waals surface area contributed by atoms with Gasteiger partial charge in [-0.3, -0.25) is 0 Å². The van der Waals surface area contributed by atoms with E-state index in [2.05, 4.69) is 63.4 Å². The smallest absolute Gasteiger partial charge is 0.0991 e. The van der Waals surface area contributed by atoms with Crippen LogP contribution in [-0.2, 0) is 17.9 Å². The highest BCUT2D eigenvalue weighted by Gasteiger charge is 2.25. The first-order valence-corrected chi connectivity index (χ1v) is 9.85. The second-order valence-corrected chi connectivity index (χ2v) is 7.21. The molecule has 3 aromatic rings. The zero-order chi connectivity index (χ0) is 18.3. The van der Waals surface area contributed by atoms with Crippen molar-refractivity contribution in [1.29, 1.82) is 0 Å². The Bertz CT molecular complexity index is 817. The Labute approximate surface area is 161 Å². The summed E-state index contributed by atoms with van der Waals surface area (Å²) in [6, 6.07) is 19.4.